The van der Waals surface area contributed by atoms with E-state index in [1.165, 1.54) is 16.7 Å². The molecule has 0 radical (unpaired) electrons. The predicted molar refractivity (Wildman–Crippen MR) is 77.3 cm³/mol. The molecule has 1 aromatic heterocycles. The molecule has 0 saturated carbocycles. The highest BCUT2D eigenvalue weighted by atomic mass is 16.6. The first-order chi connectivity index (χ1) is 9.54. The average molecular weight is 270 g/mol. The quantitative estimate of drug-likeness (QED) is 0.487. The van der Waals surface area contributed by atoms with Crippen LogP contribution in [-0.2, 0) is 6.42 Å². The number of rotatable bonds is 4. The first-order valence-corrected chi connectivity index (χ1v) is 6.11. The number of hydrogen-bond acceptors (Lipinski definition) is 3. The highest BCUT2D eigenvalue weighted by Crippen LogP contribution is 2.19. The van der Waals surface area contributed by atoms with E-state index in [-0.39, 0.29) is 11.2 Å². The minimum Gasteiger partial charge on any atom is -0.284 e. The lowest BCUT2D eigenvalue weighted by molar-refractivity contribution is -0.384. The Hall–Kier alpha value is -2.69. The molecule has 5 nitrogen and oxygen atoms in total. The van der Waals surface area contributed by atoms with Crippen LogP contribution in [0, 0.1) is 17.0 Å². The van der Waals surface area contributed by atoms with Gasteiger partial charge in [-0.3, -0.25) is 19.5 Å². The highest BCUT2D eigenvalue weighted by molar-refractivity contribution is 5.48. The van der Waals surface area contributed by atoms with E-state index in [9.17, 15) is 14.9 Å². The third kappa shape index (κ3) is 2.51. The van der Waals surface area contributed by atoms with E-state index in [1.807, 2.05) is 0 Å². The SMILES string of the molecule is C=CCc1cccn(-c2ccc([N+](=O)[O-])cc2C)c1=O. The van der Waals surface area contributed by atoms with E-state index >= 15 is 0 Å². The molecule has 20 heavy (non-hydrogen) atoms. The summed E-state index contributed by atoms with van der Waals surface area (Å²) in [7, 11) is 0. The maximum absolute atomic E-state index is 12.3. The topological polar surface area (TPSA) is 65.1 Å². The largest absolute Gasteiger partial charge is 0.284 e. The van der Waals surface area contributed by atoms with Crippen LogP contribution >= 0.6 is 0 Å². The summed E-state index contributed by atoms with van der Waals surface area (Å²) in [5.74, 6) is 0. The molecular formula is C15H14N2O3. The van der Waals surface area contributed by atoms with Crippen molar-refractivity contribution in [2.24, 2.45) is 0 Å². The summed E-state index contributed by atoms with van der Waals surface area (Å²) < 4.78 is 1.50. The van der Waals surface area contributed by atoms with E-state index in [4.69, 9.17) is 0 Å². The van der Waals surface area contributed by atoms with Gasteiger partial charge in [0.15, 0.2) is 0 Å². The van der Waals surface area contributed by atoms with Gasteiger partial charge >= 0.3 is 0 Å². The van der Waals surface area contributed by atoms with Gasteiger partial charge in [0.1, 0.15) is 0 Å². The molecule has 0 fully saturated rings. The number of nitrogens with zero attached hydrogens (tertiary/aromatic N) is 2. The average Bonchev–Trinajstić information content (AvgIpc) is 2.42. The van der Waals surface area contributed by atoms with E-state index in [0.717, 1.165) is 0 Å². The molecule has 0 aliphatic heterocycles. The predicted octanol–water partition coefficient (Wildman–Crippen LogP) is 2.78. The van der Waals surface area contributed by atoms with Crippen LogP contribution in [0.3, 0.4) is 0 Å². The van der Waals surface area contributed by atoms with Crippen molar-refractivity contribution in [2.75, 3.05) is 0 Å². The number of nitro groups is 1. The lowest BCUT2D eigenvalue weighted by atomic mass is 10.1. The van der Waals surface area contributed by atoms with Crippen molar-refractivity contribution in [2.45, 2.75) is 13.3 Å². The van der Waals surface area contributed by atoms with E-state index in [0.29, 0.717) is 23.2 Å². The second kappa shape index (κ2) is 5.52. The smallest absolute Gasteiger partial charge is 0.269 e. The van der Waals surface area contributed by atoms with Crippen LogP contribution in [0.1, 0.15) is 11.1 Å². The molecule has 0 unspecified atom stereocenters. The van der Waals surface area contributed by atoms with Gasteiger partial charge in [0.25, 0.3) is 11.2 Å². The number of aromatic nitrogens is 1. The molecule has 0 aliphatic rings. The van der Waals surface area contributed by atoms with Crippen LogP contribution in [0.15, 0.2) is 54.0 Å². The lowest BCUT2D eigenvalue weighted by Crippen LogP contribution is -2.21. The fourth-order valence-electron chi connectivity index (χ4n) is 2.06. The van der Waals surface area contributed by atoms with Crippen LogP contribution in [-0.4, -0.2) is 9.49 Å². The molecule has 0 N–H and O–H groups in total. The molecule has 1 heterocycles. The maximum atomic E-state index is 12.3. The molecule has 0 saturated heterocycles. The Bertz CT molecular complexity index is 732. The molecule has 0 bridgehead atoms. The Morgan fingerprint density at radius 1 is 1.40 bits per heavy atom. The van der Waals surface area contributed by atoms with Crippen molar-refractivity contribution in [3.8, 4) is 5.69 Å². The Morgan fingerprint density at radius 2 is 2.15 bits per heavy atom. The van der Waals surface area contributed by atoms with Crippen molar-refractivity contribution in [3.63, 3.8) is 0 Å². The van der Waals surface area contributed by atoms with Gasteiger partial charge in [-0.1, -0.05) is 12.1 Å². The molecule has 102 valence electrons. The number of non-ortho nitro benzene ring substituents is 1. The minimum absolute atomic E-state index is 0.0153. The number of hydrogen-bond donors (Lipinski definition) is 0. The number of benzene rings is 1. The first kappa shape index (κ1) is 13.7. The Balaban J connectivity index is 2.57. The third-order valence-electron chi connectivity index (χ3n) is 3.04. The lowest BCUT2D eigenvalue weighted by Gasteiger charge is -2.10. The van der Waals surface area contributed by atoms with Crippen molar-refractivity contribution in [1.29, 1.82) is 0 Å². The zero-order valence-electron chi connectivity index (χ0n) is 11.1. The zero-order chi connectivity index (χ0) is 14.7. The zero-order valence-corrected chi connectivity index (χ0v) is 11.1. The standard InChI is InChI=1S/C15H14N2O3/c1-3-5-12-6-4-9-16(15(12)18)14-8-7-13(17(19)20)10-11(14)2/h3-4,6-10H,1,5H2,2H3. The van der Waals surface area contributed by atoms with Gasteiger partial charge in [-0.05, 0) is 31.0 Å². The molecular weight excluding hydrogens is 256 g/mol. The van der Waals surface area contributed by atoms with Gasteiger partial charge in [-0.25, -0.2) is 0 Å². The summed E-state index contributed by atoms with van der Waals surface area (Å²) in [6.07, 6.45) is 3.82. The first-order valence-electron chi connectivity index (χ1n) is 6.11. The van der Waals surface area contributed by atoms with Gasteiger partial charge in [0, 0.05) is 23.9 Å². The van der Waals surface area contributed by atoms with Crippen LogP contribution in [0.5, 0.6) is 0 Å². The van der Waals surface area contributed by atoms with Gasteiger partial charge in [0.2, 0.25) is 0 Å². The molecule has 1 aromatic carbocycles. The Morgan fingerprint density at radius 3 is 2.75 bits per heavy atom. The maximum Gasteiger partial charge on any atom is 0.269 e. The molecule has 5 heteroatoms. The van der Waals surface area contributed by atoms with Crippen molar-refractivity contribution in [1.82, 2.24) is 4.57 Å². The summed E-state index contributed by atoms with van der Waals surface area (Å²) in [5, 5.41) is 10.7. The molecule has 2 aromatic rings. The van der Waals surface area contributed by atoms with E-state index in [2.05, 4.69) is 6.58 Å². The van der Waals surface area contributed by atoms with Gasteiger partial charge < -0.3 is 0 Å². The number of pyridine rings is 1. The second-order valence-electron chi connectivity index (χ2n) is 4.43. The van der Waals surface area contributed by atoms with Crippen LogP contribution in [0.4, 0.5) is 5.69 Å². The summed E-state index contributed by atoms with van der Waals surface area (Å²) in [6.45, 7) is 5.37. The highest BCUT2D eigenvalue weighted by Gasteiger charge is 2.11. The third-order valence-corrected chi connectivity index (χ3v) is 3.04. The summed E-state index contributed by atoms with van der Waals surface area (Å²) in [5.41, 5.74) is 1.84. The second-order valence-corrected chi connectivity index (χ2v) is 4.43. The molecule has 0 atom stereocenters. The fraction of sp³-hybridized carbons (Fsp3) is 0.133. The summed E-state index contributed by atoms with van der Waals surface area (Å²) >= 11 is 0. The number of aryl methyl sites for hydroxylation is 1. The number of allylic oxidation sites excluding steroid dienone is 1. The van der Waals surface area contributed by atoms with E-state index in [1.54, 1.807) is 37.4 Å². The van der Waals surface area contributed by atoms with Crippen molar-refractivity contribution >= 4 is 5.69 Å². The van der Waals surface area contributed by atoms with Gasteiger partial charge in [-0.2, -0.15) is 0 Å². The van der Waals surface area contributed by atoms with Crippen molar-refractivity contribution in [3.05, 3.63) is 80.8 Å². The van der Waals surface area contributed by atoms with Crippen LogP contribution in [0.25, 0.3) is 5.69 Å². The molecule has 0 amide bonds. The van der Waals surface area contributed by atoms with Gasteiger partial charge in [0.05, 0.1) is 10.6 Å². The normalized spacial score (nSPS) is 10.2. The minimum atomic E-state index is -0.451. The van der Waals surface area contributed by atoms with Crippen LogP contribution in [0.2, 0.25) is 0 Å². The summed E-state index contributed by atoms with van der Waals surface area (Å²) in [6, 6.07) is 7.98. The van der Waals surface area contributed by atoms with E-state index < -0.39 is 4.92 Å². The molecule has 0 spiro atoms. The summed E-state index contributed by atoms with van der Waals surface area (Å²) in [4.78, 5) is 22.6. The monoisotopic (exact) mass is 270 g/mol. The Kier molecular flexibility index (Phi) is 3.79. The van der Waals surface area contributed by atoms with Gasteiger partial charge in [-0.15, -0.1) is 6.58 Å². The molecule has 2 rings (SSSR count). The van der Waals surface area contributed by atoms with Crippen LogP contribution < -0.4 is 5.56 Å². The fourth-order valence-corrected chi connectivity index (χ4v) is 2.06. The van der Waals surface area contributed by atoms with Crippen molar-refractivity contribution < 1.29 is 4.92 Å². The number of nitro benzene ring substituents is 1. The molecule has 0 aliphatic carbocycles. The Labute approximate surface area is 116 Å².